The number of aryl methyl sites for hydroxylation is 1. The molecule has 0 aromatic heterocycles. The fourth-order valence-corrected chi connectivity index (χ4v) is 5.47. The first-order valence-electron chi connectivity index (χ1n) is 12.4. The third kappa shape index (κ3) is 6.92. The van der Waals surface area contributed by atoms with Crippen LogP contribution in [0.2, 0.25) is 0 Å². The Hall–Kier alpha value is -3.54. The molecular weight excluding hydrogens is 522 g/mol. The van der Waals surface area contributed by atoms with Crippen molar-refractivity contribution in [3.05, 3.63) is 53.3 Å². The molecule has 2 aromatic carbocycles. The molecule has 2 aliphatic rings. The Balaban J connectivity index is 0.000000532. The number of urea groups is 1. The van der Waals surface area contributed by atoms with Gasteiger partial charge in [0.2, 0.25) is 0 Å². The molecule has 39 heavy (non-hydrogen) atoms. The van der Waals surface area contributed by atoms with Gasteiger partial charge in [0.25, 0.3) is 0 Å². The highest BCUT2D eigenvalue weighted by atomic mass is 19.4. The zero-order chi connectivity index (χ0) is 29.0. The van der Waals surface area contributed by atoms with Crippen molar-refractivity contribution >= 4 is 17.7 Å². The average Bonchev–Trinajstić information content (AvgIpc) is 3.22. The number of carbonyl (C=O) groups is 2. The van der Waals surface area contributed by atoms with Gasteiger partial charge in [0.05, 0.1) is 19.9 Å². The topological polar surface area (TPSA) is 100 Å². The van der Waals surface area contributed by atoms with E-state index in [2.05, 4.69) is 34.7 Å². The fourth-order valence-electron chi connectivity index (χ4n) is 5.47. The van der Waals surface area contributed by atoms with Gasteiger partial charge in [-0.05, 0) is 81.6 Å². The zero-order valence-corrected chi connectivity index (χ0v) is 22.2. The number of fused-ring (bicyclic) bond motifs is 1. The second-order valence-electron chi connectivity index (χ2n) is 9.83. The predicted octanol–water partition coefficient (Wildman–Crippen LogP) is 5.10. The molecule has 1 saturated heterocycles. The van der Waals surface area contributed by atoms with E-state index in [-0.39, 0.29) is 23.2 Å². The summed E-state index contributed by atoms with van der Waals surface area (Å²) >= 11 is 0. The van der Waals surface area contributed by atoms with Crippen LogP contribution in [0.25, 0.3) is 0 Å². The lowest BCUT2D eigenvalue weighted by molar-refractivity contribution is -0.192. The highest BCUT2D eigenvalue weighted by molar-refractivity contribution is 5.89. The van der Waals surface area contributed by atoms with Crippen LogP contribution in [0.4, 0.5) is 28.0 Å². The summed E-state index contributed by atoms with van der Waals surface area (Å²) in [6.07, 6.45) is -1.35. The van der Waals surface area contributed by atoms with Gasteiger partial charge < -0.3 is 30.1 Å². The van der Waals surface area contributed by atoms with Gasteiger partial charge >= 0.3 is 18.2 Å². The van der Waals surface area contributed by atoms with Crippen molar-refractivity contribution in [1.29, 1.82) is 0 Å². The monoisotopic (exact) mass is 555 g/mol. The summed E-state index contributed by atoms with van der Waals surface area (Å²) in [5.41, 5.74) is 2.38. The van der Waals surface area contributed by atoms with E-state index in [1.165, 1.54) is 11.6 Å². The molecule has 8 nitrogen and oxygen atoms in total. The van der Waals surface area contributed by atoms with Gasteiger partial charge in [-0.15, -0.1) is 0 Å². The first kappa shape index (κ1) is 30.0. The molecule has 1 aliphatic carbocycles. The molecule has 2 amide bonds. The minimum Gasteiger partial charge on any atom is -0.493 e. The number of nitrogens with zero attached hydrogens (tertiary/aromatic N) is 1. The Morgan fingerprint density at radius 3 is 2.36 bits per heavy atom. The Bertz CT molecular complexity index is 1190. The summed E-state index contributed by atoms with van der Waals surface area (Å²) in [5, 5.41) is 12.9. The minimum atomic E-state index is -5.08. The number of carbonyl (C=O) groups excluding carboxylic acids is 1. The lowest BCUT2D eigenvalue weighted by Gasteiger charge is -2.45. The summed E-state index contributed by atoms with van der Waals surface area (Å²) in [6, 6.07) is 10.9. The maximum absolute atomic E-state index is 14.0. The number of likely N-dealkylation sites (tertiary alicyclic amines) is 1. The van der Waals surface area contributed by atoms with E-state index in [4.69, 9.17) is 19.4 Å². The molecule has 1 saturated carbocycles. The van der Waals surface area contributed by atoms with E-state index in [0.29, 0.717) is 6.04 Å². The molecule has 3 N–H and O–H groups in total. The summed E-state index contributed by atoms with van der Waals surface area (Å²) in [6.45, 7) is 2.87. The second kappa shape index (κ2) is 12.1. The summed E-state index contributed by atoms with van der Waals surface area (Å²) in [4.78, 5) is 23.9. The Morgan fingerprint density at radius 2 is 1.74 bits per heavy atom. The summed E-state index contributed by atoms with van der Waals surface area (Å²) < 4.78 is 56.7. The summed E-state index contributed by atoms with van der Waals surface area (Å²) in [7, 11) is 5.46. The number of carboxylic acids is 1. The van der Waals surface area contributed by atoms with E-state index < -0.39 is 18.0 Å². The number of hydrogen-bond acceptors (Lipinski definition) is 5. The SMILES string of the molecule is COc1ccc([C@@]23CC[C@@H](NC(=O)Nc4cc(C)ccc4F)C[C@@H]2N(C)CC3)cc1OC.O=C(O)C(F)(F)F. The number of anilines is 1. The number of ether oxygens (including phenoxy) is 2. The van der Waals surface area contributed by atoms with Crippen LogP contribution in [0.1, 0.15) is 36.8 Å². The maximum Gasteiger partial charge on any atom is 0.490 e. The molecule has 3 atom stereocenters. The minimum absolute atomic E-state index is 0.0195. The molecule has 2 fully saturated rings. The lowest BCUT2D eigenvalue weighted by atomic mass is 9.65. The highest BCUT2D eigenvalue weighted by Crippen LogP contribution is 2.49. The van der Waals surface area contributed by atoms with Gasteiger partial charge in [-0.3, -0.25) is 0 Å². The van der Waals surface area contributed by atoms with Gasteiger partial charge in [0.1, 0.15) is 5.82 Å². The number of likely N-dealkylation sites (N-methyl/N-ethyl adjacent to an activating group) is 1. The number of alkyl halides is 3. The number of halogens is 4. The molecule has 0 bridgehead atoms. The van der Waals surface area contributed by atoms with Crippen molar-refractivity contribution in [1.82, 2.24) is 10.2 Å². The Morgan fingerprint density at radius 1 is 1.08 bits per heavy atom. The van der Waals surface area contributed by atoms with E-state index in [0.717, 1.165) is 49.3 Å². The van der Waals surface area contributed by atoms with E-state index in [9.17, 15) is 22.4 Å². The van der Waals surface area contributed by atoms with Crippen molar-refractivity contribution < 1.29 is 41.7 Å². The lowest BCUT2D eigenvalue weighted by Crippen LogP contribution is -2.52. The van der Waals surface area contributed by atoms with Crippen LogP contribution >= 0.6 is 0 Å². The van der Waals surface area contributed by atoms with Crippen LogP contribution in [-0.2, 0) is 10.2 Å². The molecule has 0 unspecified atom stereocenters. The maximum atomic E-state index is 14.0. The molecule has 0 radical (unpaired) electrons. The van der Waals surface area contributed by atoms with Crippen molar-refractivity contribution in [2.24, 2.45) is 0 Å². The first-order valence-corrected chi connectivity index (χ1v) is 12.4. The Labute approximate surface area is 224 Å². The molecule has 1 aliphatic heterocycles. The molecule has 4 rings (SSSR count). The van der Waals surface area contributed by atoms with Crippen molar-refractivity contribution in [2.45, 2.75) is 56.3 Å². The second-order valence-corrected chi connectivity index (χ2v) is 9.83. The first-order chi connectivity index (χ1) is 18.3. The van der Waals surface area contributed by atoms with E-state index >= 15 is 0 Å². The summed E-state index contributed by atoms with van der Waals surface area (Å²) in [5.74, 6) is -1.72. The number of carboxylic acid groups (broad SMARTS) is 1. The third-order valence-electron chi connectivity index (χ3n) is 7.43. The number of benzene rings is 2. The number of amides is 2. The molecular formula is C27H33F4N3O5. The smallest absolute Gasteiger partial charge is 0.490 e. The van der Waals surface area contributed by atoms with Gasteiger partial charge in [-0.1, -0.05) is 12.1 Å². The van der Waals surface area contributed by atoms with Gasteiger partial charge in [0.15, 0.2) is 11.5 Å². The van der Waals surface area contributed by atoms with E-state index in [1.54, 1.807) is 26.4 Å². The van der Waals surface area contributed by atoms with Crippen LogP contribution in [-0.4, -0.2) is 68.1 Å². The number of aliphatic carboxylic acids is 1. The van der Waals surface area contributed by atoms with Gasteiger partial charge in [0, 0.05) is 17.5 Å². The van der Waals surface area contributed by atoms with Crippen molar-refractivity contribution in [2.75, 3.05) is 33.1 Å². The number of methoxy groups -OCH3 is 2. The number of nitrogens with one attached hydrogen (secondary N) is 2. The molecule has 2 aromatic rings. The quantitative estimate of drug-likeness (QED) is 0.444. The van der Waals surface area contributed by atoms with Crippen molar-refractivity contribution in [3.8, 4) is 11.5 Å². The van der Waals surface area contributed by atoms with Crippen LogP contribution in [0, 0.1) is 12.7 Å². The van der Waals surface area contributed by atoms with E-state index in [1.807, 2.05) is 13.0 Å². The van der Waals surface area contributed by atoms with Crippen LogP contribution in [0.5, 0.6) is 11.5 Å². The van der Waals surface area contributed by atoms with Gasteiger partial charge in [-0.25, -0.2) is 14.0 Å². The molecule has 0 spiro atoms. The number of hydrogen-bond donors (Lipinski definition) is 3. The standard InChI is InChI=1S/C25H32FN3O3.C2HF3O2/c1-16-5-7-19(26)20(13-16)28-24(30)27-18-9-10-25(11-12-29(2)23(25)15-18)17-6-8-21(31-3)22(14-17)32-4;3-2(4,5)1(6)7/h5-8,13-14,18,23H,9-12,15H2,1-4H3,(H2,27,28,30);(H,6,7)/t18-,23+,25+;/m1./s1. The van der Waals surface area contributed by atoms with Crippen LogP contribution in [0.15, 0.2) is 36.4 Å². The fraction of sp³-hybridized carbons (Fsp3) is 0.481. The van der Waals surface area contributed by atoms with Gasteiger partial charge in [-0.2, -0.15) is 13.2 Å². The molecule has 214 valence electrons. The predicted molar refractivity (Wildman–Crippen MR) is 137 cm³/mol. The van der Waals surface area contributed by atoms with Crippen LogP contribution in [0.3, 0.4) is 0 Å². The number of rotatable bonds is 5. The average molecular weight is 556 g/mol. The van der Waals surface area contributed by atoms with Crippen molar-refractivity contribution in [3.63, 3.8) is 0 Å². The van der Waals surface area contributed by atoms with Crippen LogP contribution < -0.4 is 20.1 Å². The molecule has 12 heteroatoms. The highest BCUT2D eigenvalue weighted by Gasteiger charge is 2.50. The zero-order valence-electron chi connectivity index (χ0n) is 22.2. The third-order valence-corrected chi connectivity index (χ3v) is 7.43. The molecule has 1 heterocycles. The Kier molecular flexibility index (Phi) is 9.31. The largest absolute Gasteiger partial charge is 0.493 e. The normalized spacial score (nSPS) is 22.7.